The number of rotatable bonds is 26. The lowest BCUT2D eigenvalue weighted by Gasteiger charge is -2.16. The second kappa shape index (κ2) is 26.5. The summed E-state index contributed by atoms with van der Waals surface area (Å²) in [4.78, 5) is 26.2. The molecule has 34 heavy (non-hydrogen) atoms. The van der Waals surface area contributed by atoms with Gasteiger partial charge in [-0.3, -0.25) is 9.59 Å². The van der Waals surface area contributed by atoms with Gasteiger partial charge in [-0.2, -0.15) is 0 Å². The Bertz CT molecular complexity index is 417. The highest BCUT2D eigenvalue weighted by Crippen LogP contribution is 2.10. The van der Waals surface area contributed by atoms with Crippen molar-refractivity contribution >= 4 is 11.8 Å². The van der Waals surface area contributed by atoms with Crippen LogP contribution in [0.2, 0.25) is 0 Å². The molecule has 0 fully saturated rings. The van der Waals surface area contributed by atoms with Gasteiger partial charge in [-0.25, -0.2) is 0 Å². The Morgan fingerprint density at radius 3 is 1.18 bits per heavy atom. The molecule has 0 radical (unpaired) electrons. The summed E-state index contributed by atoms with van der Waals surface area (Å²) in [5.74, 6) is 0.403. The van der Waals surface area contributed by atoms with Crippen LogP contribution in [0.5, 0.6) is 0 Å². The highest BCUT2D eigenvalue weighted by molar-refractivity contribution is 5.76. The van der Waals surface area contributed by atoms with Crippen LogP contribution in [0.4, 0.5) is 0 Å². The zero-order valence-corrected chi connectivity index (χ0v) is 23.2. The SMILES string of the molecule is CCCCCCCCCCC(=O)NCCCN(C)CCCNC(=O)CCCCCCCCCC. The molecule has 0 atom stereocenters. The average Bonchev–Trinajstić information content (AvgIpc) is 2.83. The van der Waals surface area contributed by atoms with Crippen molar-refractivity contribution in [2.45, 2.75) is 142 Å². The predicted molar refractivity (Wildman–Crippen MR) is 147 cm³/mol. The van der Waals surface area contributed by atoms with Crippen LogP contribution in [0.25, 0.3) is 0 Å². The summed E-state index contributed by atoms with van der Waals surface area (Å²) in [5, 5.41) is 6.11. The topological polar surface area (TPSA) is 61.4 Å². The molecule has 0 aliphatic rings. The van der Waals surface area contributed by atoms with E-state index in [2.05, 4.69) is 36.4 Å². The van der Waals surface area contributed by atoms with E-state index in [0.717, 1.165) is 51.9 Å². The van der Waals surface area contributed by atoms with Gasteiger partial charge in [0.15, 0.2) is 0 Å². The number of hydrogen-bond donors (Lipinski definition) is 2. The Kier molecular flexibility index (Phi) is 25.6. The molecule has 0 rings (SSSR count). The lowest BCUT2D eigenvalue weighted by Crippen LogP contribution is -2.30. The van der Waals surface area contributed by atoms with Crippen molar-refractivity contribution in [3.63, 3.8) is 0 Å². The Morgan fingerprint density at radius 1 is 0.500 bits per heavy atom. The van der Waals surface area contributed by atoms with Crippen LogP contribution in [-0.2, 0) is 9.59 Å². The third kappa shape index (κ3) is 25.5. The first-order valence-corrected chi connectivity index (χ1v) is 14.8. The van der Waals surface area contributed by atoms with Crippen LogP contribution in [-0.4, -0.2) is 49.9 Å². The molecule has 0 aliphatic heterocycles. The van der Waals surface area contributed by atoms with E-state index >= 15 is 0 Å². The van der Waals surface area contributed by atoms with Gasteiger partial charge in [-0.1, -0.05) is 104 Å². The first-order valence-electron chi connectivity index (χ1n) is 14.8. The number of carbonyl (C=O) groups excluding carboxylic acids is 2. The van der Waals surface area contributed by atoms with Crippen molar-refractivity contribution in [2.75, 3.05) is 33.2 Å². The number of hydrogen-bond acceptors (Lipinski definition) is 3. The quantitative estimate of drug-likeness (QED) is 0.131. The van der Waals surface area contributed by atoms with Gasteiger partial charge in [0.2, 0.25) is 11.8 Å². The van der Waals surface area contributed by atoms with Crippen molar-refractivity contribution in [2.24, 2.45) is 0 Å². The summed E-state index contributed by atoms with van der Waals surface area (Å²) in [6.45, 7) is 7.97. The summed E-state index contributed by atoms with van der Waals surface area (Å²) in [7, 11) is 2.12. The molecule has 202 valence electrons. The van der Waals surface area contributed by atoms with Crippen LogP contribution >= 0.6 is 0 Å². The molecule has 0 aliphatic carbocycles. The van der Waals surface area contributed by atoms with E-state index in [1.165, 1.54) is 89.9 Å². The maximum Gasteiger partial charge on any atom is 0.219 e. The first kappa shape index (κ1) is 32.9. The number of unbranched alkanes of at least 4 members (excludes halogenated alkanes) is 14. The van der Waals surface area contributed by atoms with Gasteiger partial charge >= 0.3 is 0 Å². The number of nitrogens with one attached hydrogen (secondary N) is 2. The molecule has 0 saturated heterocycles. The third-order valence-corrected chi connectivity index (χ3v) is 6.59. The largest absolute Gasteiger partial charge is 0.356 e. The molecule has 5 heteroatoms. The Morgan fingerprint density at radius 2 is 0.824 bits per heavy atom. The van der Waals surface area contributed by atoms with E-state index in [0.29, 0.717) is 12.8 Å². The van der Waals surface area contributed by atoms with Crippen molar-refractivity contribution in [3.8, 4) is 0 Å². The summed E-state index contributed by atoms with van der Waals surface area (Å²) < 4.78 is 0. The Balaban J connectivity index is 3.40. The van der Waals surface area contributed by atoms with Crippen LogP contribution in [0, 0.1) is 0 Å². The van der Waals surface area contributed by atoms with Crippen LogP contribution in [0.15, 0.2) is 0 Å². The predicted octanol–water partition coefficient (Wildman–Crippen LogP) is 6.99. The van der Waals surface area contributed by atoms with Gasteiger partial charge in [0, 0.05) is 25.9 Å². The molecule has 0 aromatic heterocycles. The molecule has 2 amide bonds. The molecule has 0 unspecified atom stereocenters. The summed E-state index contributed by atoms with van der Waals surface area (Å²) in [6.07, 6.45) is 23.6. The maximum atomic E-state index is 11.9. The zero-order chi connectivity index (χ0) is 25.1. The van der Waals surface area contributed by atoms with E-state index in [-0.39, 0.29) is 11.8 Å². The molecule has 2 N–H and O–H groups in total. The van der Waals surface area contributed by atoms with Crippen molar-refractivity contribution < 1.29 is 9.59 Å². The summed E-state index contributed by atoms with van der Waals surface area (Å²) >= 11 is 0. The molecule has 0 bridgehead atoms. The minimum atomic E-state index is 0.202. The first-order chi connectivity index (χ1) is 16.6. The third-order valence-electron chi connectivity index (χ3n) is 6.59. The molecule has 0 spiro atoms. The summed E-state index contributed by atoms with van der Waals surface area (Å²) in [6, 6.07) is 0. The normalized spacial score (nSPS) is 11.2. The Labute approximate surface area is 212 Å². The highest BCUT2D eigenvalue weighted by atomic mass is 16.2. The number of amides is 2. The molecule has 0 heterocycles. The number of nitrogens with zero attached hydrogens (tertiary/aromatic N) is 1. The average molecular weight is 482 g/mol. The molecule has 0 saturated carbocycles. The van der Waals surface area contributed by atoms with Crippen LogP contribution in [0.1, 0.15) is 142 Å². The van der Waals surface area contributed by atoms with Gasteiger partial charge in [0.05, 0.1) is 0 Å². The van der Waals surface area contributed by atoms with Crippen LogP contribution in [0.3, 0.4) is 0 Å². The zero-order valence-electron chi connectivity index (χ0n) is 23.2. The maximum absolute atomic E-state index is 11.9. The molecular weight excluding hydrogens is 422 g/mol. The lowest BCUT2D eigenvalue weighted by atomic mass is 10.1. The van der Waals surface area contributed by atoms with Gasteiger partial charge < -0.3 is 15.5 Å². The van der Waals surface area contributed by atoms with E-state index in [9.17, 15) is 9.59 Å². The molecule has 0 aromatic carbocycles. The second-order valence-electron chi connectivity index (χ2n) is 10.2. The monoisotopic (exact) mass is 481 g/mol. The van der Waals surface area contributed by atoms with Gasteiger partial charge in [-0.15, -0.1) is 0 Å². The minimum Gasteiger partial charge on any atom is -0.356 e. The fourth-order valence-corrected chi connectivity index (χ4v) is 4.28. The molecular formula is C29H59N3O2. The van der Waals surface area contributed by atoms with Gasteiger partial charge in [0.25, 0.3) is 0 Å². The van der Waals surface area contributed by atoms with Gasteiger partial charge in [0.1, 0.15) is 0 Å². The standard InChI is InChI=1S/C29H59N3O2/c1-4-6-8-10-12-14-16-18-22-28(33)30-24-20-26-32(3)27-21-25-31-29(34)23-19-17-15-13-11-9-7-5-2/h4-27H2,1-3H3,(H,30,33)(H,31,34). The fraction of sp³-hybridized carbons (Fsp3) is 0.931. The van der Waals surface area contributed by atoms with Crippen molar-refractivity contribution in [1.29, 1.82) is 0 Å². The second-order valence-corrected chi connectivity index (χ2v) is 10.2. The van der Waals surface area contributed by atoms with Crippen LogP contribution < -0.4 is 10.6 Å². The van der Waals surface area contributed by atoms with E-state index < -0.39 is 0 Å². The smallest absolute Gasteiger partial charge is 0.219 e. The summed E-state index contributed by atoms with van der Waals surface area (Å²) in [5.41, 5.74) is 0. The van der Waals surface area contributed by atoms with E-state index in [1.54, 1.807) is 0 Å². The highest BCUT2D eigenvalue weighted by Gasteiger charge is 2.04. The molecule has 5 nitrogen and oxygen atoms in total. The fourth-order valence-electron chi connectivity index (χ4n) is 4.28. The Hall–Kier alpha value is -1.10. The van der Waals surface area contributed by atoms with Crippen molar-refractivity contribution in [1.82, 2.24) is 15.5 Å². The van der Waals surface area contributed by atoms with Gasteiger partial charge in [-0.05, 0) is 45.8 Å². The lowest BCUT2D eigenvalue weighted by molar-refractivity contribution is -0.122. The molecule has 0 aromatic rings. The number of carbonyl (C=O) groups is 2. The van der Waals surface area contributed by atoms with E-state index in [4.69, 9.17) is 0 Å². The van der Waals surface area contributed by atoms with E-state index in [1.807, 2.05) is 0 Å². The minimum absolute atomic E-state index is 0.202. The van der Waals surface area contributed by atoms with Crippen molar-refractivity contribution in [3.05, 3.63) is 0 Å².